The second-order valence-electron chi connectivity index (χ2n) is 7.22. The number of nitrogens with zero attached hydrogens (tertiary/aromatic N) is 3. The minimum atomic E-state index is -0.735. The first-order valence-corrected chi connectivity index (χ1v) is 10.7. The number of carbonyl (C=O) groups is 1. The van der Waals surface area contributed by atoms with Gasteiger partial charge in [0.1, 0.15) is 17.1 Å². The van der Waals surface area contributed by atoms with Crippen LogP contribution in [0, 0.1) is 11.6 Å². The number of fused-ring (bicyclic) bond motifs is 1. The van der Waals surface area contributed by atoms with Gasteiger partial charge in [0.05, 0.1) is 11.3 Å². The molecule has 3 aromatic rings. The van der Waals surface area contributed by atoms with E-state index in [1.165, 1.54) is 11.0 Å². The molecule has 1 amide bonds. The van der Waals surface area contributed by atoms with E-state index in [0.717, 1.165) is 30.2 Å². The molecular weight excluding hydrogens is 408 g/mol. The molecule has 0 spiro atoms. The van der Waals surface area contributed by atoms with Crippen LogP contribution < -0.4 is 9.64 Å². The van der Waals surface area contributed by atoms with Crippen LogP contribution >= 0.6 is 11.3 Å². The van der Waals surface area contributed by atoms with E-state index in [1.54, 1.807) is 24.3 Å². The van der Waals surface area contributed by atoms with Crippen LogP contribution in [0.4, 0.5) is 13.9 Å². The lowest BCUT2D eigenvalue weighted by atomic mass is 10.2. The van der Waals surface area contributed by atoms with Crippen LogP contribution in [0.2, 0.25) is 0 Å². The largest absolute Gasteiger partial charge is 0.494 e. The number of benzene rings is 2. The van der Waals surface area contributed by atoms with Gasteiger partial charge >= 0.3 is 0 Å². The SMILES string of the molecule is CCCCOc1ccc(C(=O)N(CCN(C)C)c2nc3c(F)cc(F)cc3s2)cc1. The van der Waals surface area contributed by atoms with Crippen LogP contribution in [0.5, 0.6) is 5.75 Å². The van der Waals surface area contributed by atoms with Crippen molar-refractivity contribution in [2.45, 2.75) is 19.8 Å². The van der Waals surface area contributed by atoms with Crippen LogP contribution in [0.3, 0.4) is 0 Å². The zero-order valence-electron chi connectivity index (χ0n) is 17.3. The molecule has 1 aromatic heterocycles. The number of ether oxygens (including phenoxy) is 1. The normalized spacial score (nSPS) is 11.3. The average molecular weight is 434 g/mol. The number of likely N-dealkylation sites (N-methyl/N-ethyl adjacent to an activating group) is 1. The molecule has 3 rings (SSSR count). The van der Waals surface area contributed by atoms with E-state index >= 15 is 0 Å². The fraction of sp³-hybridized carbons (Fsp3) is 0.364. The van der Waals surface area contributed by atoms with Gasteiger partial charge in [0, 0.05) is 24.7 Å². The maximum atomic E-state index is 14.1. The summed E-state index contributed by atoms with van der Waals surface area (Å²) < 4.78 is 33.7. The summed E-state index contributed by atoms with van der Waals surface area (Å²) in [5.41, 5.74) is 0.543. The first kappa shape index (κ1) is 22.1. The average Bonchev–Trinajstić information content (AvgIpc) is 3.12. The third-order valence-corrected chi connectivity index (χ3v) is 5.54. The van der Waals surface area contributed by atoms with Crippen molar-refractivity contribution in [3.05, 3.63) is 53.6 Å². The van der Waals surface area contributed by atoms with Gasteiger partial charge in [-0.2, -0.15) is 0 Å². The predicted molar refractivity (Wildman–Crippen MR) is 117 cm³/mol. The van der Waals surface area contributed by atoms with Crippen molar-refractivity contribution in [3.8, 4) is 5.75 Å². The Bertz CT molecular complexity index is 1010. The molecule has 0 fully saturated rings. The second-order valence-corrected chi connectivity index (χ2v) is 8.23. The van der Waals surface area contributed by atoms with Gasteiger partial charge in [-0.15, -0.1) is 0 Å². The number of halogens is 2. The van der Waals surface area contributed by atoms with Crippen molar-refractivity contribution in [2.24, 2.45) is 0 Å². The molecule has 0 saturated heterocycles. The molecule has 1 heterocycles. The Morgan fingerprint density at radius 1 is 1.13 bits per heavy atom. The Hall–Kier alpha value is -2.58. The first-order valence-electron chi connectivity index (χ1n) is 9.84. The van der Waals surface area contributed by atoms with Gasteiger partial charge in [0.15, 0.2) is 10.9 Å². The van der Waals surface area contributed by atoms with Gasteiger partial charge in [-0.05, 0) is 50.8 Å². The van der Waals surface area contributed by atoms with E-state index in [0.29, 0.717) is 40.8 Å². The number of thiazole rings is 1. The lowest BCUT2D eigenvalue weighted by Gasteiger charge is -2.22. The van der Waals surface area contributed by atoms with E-state index in [-0.39, 0.29) is 11.4 Å². The second kappa shape index (κ2) is 9.95. The number of carbonyl (C=O) groups excluding carboxylic acids is 1. The molecule has 0 bridgehead atoms. The molecule has 30 heavy (non-hydrogen) atoms. The fourth-order valence-electron chi connectivity index (χ4n) is 2.83. The highest BCUT2D eigenvalue weighted by atomic mass is 32.1. The number of hydrogen-bond acceptors (Lipinski definition) is 5. The lowest BCUT2D eigenvalue weighted by Crippen LogP contribution is -2.36. The Balaban J connectivity index is 1.88. The van der Waals surface area contributed by atoms with Gasteiger partial charge in [0.25, 0.3) is 5.91 Å². The molecule has 0 radical (unpaired) electrons. The van der Waals surface area contributed by atoms with Crippen molar-refractivity contribution in [2.75, 3.05) is 38.7 Å². The van der Waals surface area contributed by atoms with Crippen molar-refractivity contribution >= 4 is 32.6 Å². The van der Waals surface area contributed by atoms with Gasteiger partial charge in [-0.3, -0.25) is 9.69 Å². The zero-order valence-corrected chi connectivity index (χ0v) is 18.1. The van der Waals surface area contributed by atoms with E-state index < -0.39 is 11.6 Å². The van der Waals surface area contributed by atoms with Crippen molar-refractivity contribution < 1.29 is 18.3 Å². The summed E-state index contributed by atoms with van der Waals surface area (Å²) in [5, 5.41) is 0.338. The highest BCUT2D eigenvalue weighted by molar-refractivity contribution is 7.22. The molecule has 0 saturated carbocycles. The number of anilines is 1. The summed E-state index contributed by atoms with van der Waals surface area (Å²) >= 11 is 1.10. The van der Waals surface area contributed by atoms with Crippen LogP contribution in [-0.2, 0) is 0 Å². The molecule has 0 aliphatic carbocycles. The molecule has 0 N–H and O–H groups in total. The predicted octanol–water partition coefficient (Wildman–Crippen LogP) is 4.96. The Labute approximate surface area is 178 Å². The van der Waals surface area contributed by atoms with Crippen LogP contribution in [0.1, 0.15) is 30.1 Å². The Morgan fingerprint density at radius 3 is 2.53 bits per heavy atom. The summed E-state index contributed by atoms with van der Waals surface area (Å²) in [4.78, 5) is 21.0. The molecule has 160 valence electrons. The van der Waals surface area contributed by atoms with Crippen LogP contribution in [0.25, 0.3) is 10.2 Å². The lowest BCUT2D eigenvalue weighted by molar-refractivity contribution is 0.0985. The Kier molecular flexibility index (Phi) is 7.33. The minimum Gasteiger partial charge on any atom is -0.494 e. The number of hydrogen-bond donors (Lipinski definition) is 0. The molecule has 0 unspecified atom stereocenters. The summed E-state index contributed by atoms with van der Waals surface area (Å²) in [5.74, 6) is -0.949. The summed E-state index contributed by atoms with van der Waals surface area (Å²) in [6.45, 7) is 3.68. The number of amides is 1. The van der Waals surface area contributed by atoms with Gasteiger partial charge in [0.2, 0.25) is 0 Å². The third kappa shape index (κ3) is 5.31. The number of rotatable bonds is 9. The molecule has 2 aromatic carbocycles. The van der Waals surface area contributed by atoms with Gasteiger partial charge in [-0.1, -0.05) is 24.7 Å². The van der Waals surface area contributed by atoms with E-state index in [4.69, 9.17) is 4.74 Å². The standard InChI is InChI=1S/C22H25F2N3O2S/c1-4-5-12-29-17-8-6-15(7-9-17)21(28)27(11-10-26(2)3)22-25-20-18(24)13-16(23)14-19(20)30-22/h6-9,13-14H,4-5,10-12H2,1-3H3. The molecule has 8 heteroatoms. The highest BCUT2D eigenvalue weighted by Gasteiger charge is 2.22. The van der Waals surface area contributed by atoms with E-state index in [2.05, 4.69) is 11.9 Å². The molecule has 0 aliphatic heterocycles. The minimum absolute atomic E-state index is 0.0683. The van der Waals surface area contributed by atoms with Gasteiger partial charge < -0.3 is 9.64 Å². The summed E-state index contributed by atoms with van der Waals surface area (Å²) in [7, 11) is 3.80. The molecule has 0 aliphatic rings. The molecule has 0 atom stereocenters. The summed E-state index contributed by atoms with van der Waals surface area (Å²) in [6, 6.07) is 8.98. The van der Waals surface area contributed by atoms with Crippen LogP contribution in [-0.4, -0.2) is 49.6 Å². The van der Waals surface area contributed by atoms with Crippen molar-refractivity contribution in [1.29, 1.82) is 0 Å². The van der Waals surface area contributed by atoms with Crippen molar-refractivity contribution in [3.63, 3.8) is 0 Å². The maximum absolute atomic E-state index is 14.1. The highest BCUT2D eigenvalue weighted by Crippen LogP contribution is 2.32. The fourth-order valence-corrected chi connectivity index (χ4v) is 3.86. The zero-order chi connectivity index (χ0) is 21.7. The third-order valence-electron chi connectivity index (χ3n) is 4.52. The smallest absolute Gasteiger partial charge is 0.260 e. The maximum Gasteiger partial charge on any atom is 0.260 e. The topological polar surface area (TPSA) is 45.7 Å². The first-order chi connectivity index (χ1) is 14.4. The van der Waals surface area contributed by atoms with E-state index in [1.807, 2.05) is 19.0 Å². The quantitative estimate of drug-likeness (QED) is 0.448. The van der Waals surface area contributed by atoms with Gasteiger partial charge in [-0.25, -0.2) is 13.8 Å². The monoisotopic (exact) mass is 433 g/mol. The molecule has 5 nitrogen and oxygen atoms in total. The van der Waals surface area contributed by atoms with Crippen molar-refractivity contribution in [1.82, 2.24) is 9.88 Å². The number of aromatic nitrogens is 1. The van der Waals surface area contributed by atoms with Crippen LogP contribution in [0.15, 0.2) is 36.4 Å². The number of unbranched alkanes of at least 4 members (excludes halogenated alkanes) is 1. The summed E-state index contributed by atoms with van der Waals surface area (Å²) in [6.07, 6.45) is 2.01. The Morgan fingerprint density at radius 2 is 1.87 bits per heavy atom. The van der Waals surface area contributed by atoms with E-state index in [9.17, 15) is 13.6 Å². The molecular formula is C22H25F2N3O2S.